The summed E-state index contributed by atoms with van der Waals surface area (Å²) in [6, 6.07) is 1.96. The molecule has 0 aliphatic heterocycles. The van der Waals surface area contributed by atoms with Gasteiger partial charge in [0.05, 0.1) is 5.92 Å². The second-order valence-electron chi connectivity index (χ2n) is 5.73. The third-order valence-corrected chi connectivity index (χ3v) is 4.22. The third kappa shape index (κ3) is 3.51. The molecule has 0 bridgehead atoms. The molecular weight excluding hydrogens is 265 g/mol. The summed E-state index contributed by atoms with van der Waals surface area (Å²) in [5.74, 6) is -1.14. The lowest BCUT2D eigenvalue weighted by molar-refractivity contribution is -0.186. The van der Waals surface area contributed by atoms with Crippen LogP contribution in [0.2, 0.25) is 0 Å². The van der Waals surface area contributed by atoms with Crippen LogP contribution in [0.3, 0.4) is 0 Å². The van der Waals surface area contributed by atoms with Crippen LogP contribution >= 0.6 is 0 Å². The molecule has 0 saturated heterocycles. The zero-order valence-electron chi connectivity index (χ0n) is 11.9. The van der Waals surface area contributed by atoms with Crippen LogP contribution < -0.4 is 5.32 Å². The Bertz CT molecular complexity index is 445. The number of nitrogens with one attached hydrogen (secondary N) is 1. The molecule has 2 nitrogen and oxygen atoms in total. The first-order valence-electron chi connectivity index (χ1n) is 7.07. The molecule has 2 rings (SSSR count). The topological polar surface area (TPSA) is 24.9 Å². The maximum absolute atomic E-state index is 12.9. The molecule has 1 fully saturated rings. The van der Waals surface area contributed by atoms with Crippen molar-refractivity contribution >= 4 is 0 Å². The van der Waals surface area contributed by atoms with E-state index in [1.165, 1.54) is 0 Å². The van der Waals surface area contributed by atoms with Crippen molar-refractivity contribution in [2.75, 3.05) is 7.05 Å². The maximum Gasteiger partial charge on any atom is 0.391 e. The molecule has 1 aliphatic rings. The molecule has 3 unspecified atom stereocenters. The van der Waals surface area contributed by atoms with Crippen LogP contribution in [0.25, 0.3) is 0 Å². The van der Waals surface area contributed by atoms with E-state index in [0.29, 0.717) is 6.42 Å². The number of hydrogen-bond donors (Lipinski definition) is 1. The highest BCUT2D eigenvalue weighted by molar-refractivity contribution is 5.21. The smallest absolute Gasteiger partial charge is 0.313 e. The lowest BCUT2D eigenvalue weighted by atomic mass is 9.76. The summed E-state index contributed by atoms with van der Waals surface area (Å²) >= 11 is 0. The number of hydrogen-bond acceptors (Lipinski definition) is 2. The quantitative estimate of drug-likeness (QED) is 0.907. The Labute approximate surface area is 117 Å². The average Bonchev–Trinajstić information content (AvgIpc) is 2.39. The Morgan fingerprint density at radius 3 is 2.65 bits per heavy atom. The Morgan fingerprint density at radius 2 is 2.05 bits per heavy atom. The minimum atomic E-state index is -4.07. The molecule has 1 aromatic rings. The van der Waals surface area contributed by atoms with E-state index in [0.717, 1.165) is 17.5 Å². The van der Waals surface area contributed by atoms with Crippen LogP contribution in [0.5, 0.6) is 0 Å². The van der Waals surface area contributed by atoms with Gasteiger partial charge in [-0.25, -0.2) is 0 Å². The SMILES string of the molecule is CNC(c1cncc(C)c1)C1CCCC(C(F)(F)F)C1. The Balaban J connectivity index is 2.15. The first-order chi connectivity index (χ1) is 9.41. The van der Waals surface area contributed by atoms with Gasteiger partial charge in [-0.3, -0.25) is 4.98 Å². The van der Waals surface area contributed by atoms with E-state index in [1.807, 2.05) is 20.0 Å². The van der Waals surface area contributed by atoms with Gasteiger partial charge in [0.1, 0.15) is 0 Å². The maximum atomic E-state index is 12.9. The van der Waals surface area contributed by atoms with E-state index in [2.05, 4.69) is 10.3 Å². The number of halogens is 3. The molecule has 0 radical (unpaired) electrons. The zero-order valence-corrected chi connectivity index (χ0v) is 11.9. The van der Waals surface area contributed by atoms with Gasteiger partial charge in [-0.2, -0.15) is 13.2 Å². The van der Waals surface area contributed by atoms with Gasteiger partial charge in [0.15, 0.2) is 0 Å². The highest BCUT2D eigenvalue weighted by Crippen LogP contribution is 2.43. The molecule has 1 saturated carbocycles. The van der Waals surface area contributed by atoms with Gasteiger partial charge in [0, 0.05) is 18.4 Å². The van der Waals surface area contributed by atoms with Crippen molar-refractivity contribution < 1.29 is 13.2 Å². The van der Waals surface area contributed by atoms with E-state index in [1.54, 1.807) is 12.4 Å². The first kappa shape index (κ1) is 15.3. The summed E-state index contributed by atoms with van der Waals surface area (Å²) in [6.07, 6.45) is 1.41. The van der Waals surface area contributed by atoms with Crippen molar-refractivity contribution in [2.45, 2.75) is 44.8 Å². The summed E-state index contributed by atoms with van der Waals surface area (Å²) < 4.78 is 38.7. The molecule has 1 aromatic heterocycles. The van der Waals surface area contributed by atoms with Crippen molar-refractivity contribution in [1.82, 2.24) is 10.3 Å². The molecule has 0 spiro atoms. The molecular formula is C15H21F3N2. The molecule has 1 heterocycles. The summed E-state index contributed by atoms with van der Waals surface area (Å²) in [4.78, 5) is 4.15. The fraction of sp³-hybridized carbons (Fsp3) is 0.667. The Hall–Kier alpha value is -1.10. The monoisotopic (exact) mass is 286 g/mol. The number of pyridine rings is 1. The summed E-state index contributed by atoms with van der Waals surface area (Å²) in [5, 5.41) is 3.18. The number of aryl methyl sites for hydroxylation is 1. The van der Waals surface area contributed by atoms with Gasteiger partial charge >= 0.3 is 6.18 Å². The number of rotatable bonds is 3. The van der Waals surface area contributed by atoms with Crippen molar-refractivity contribution in [3.05, 3.63) is 29.6 Å². The van der Waals surface area contributed by atoms with Crippen molar-refractivity contribution in [3.8, 4) is 0 Å². The molecule has 0 amide bonds. The van der Waals surface area contributed by atoms with E-state index in [-0.39, 0.29) is 24.8 Å². The summed E-state index contributed by atoms with van der Waals surface area (Å²) in [5.41, 5.74) is 2.02. The van der Waals surface area contributed by atoms with Gasteiger partial charge in [-0.05, 0) is 50.3 Å². The number of alkyl halides is 3. The highest BCUT2D eigenvalue weighted by Gasteiger charge is 2.43. The van der Waals surface area contributed by atoms with Gasteiger partial charge < -0.3 is 5.32 Å². The number of aromatic nitrogens is 1. The number of nitrogens with zero attached hydrogens (tertiary/aromatic N) is 1. The lowest BCUT2D eigenvalue weighted by Crippen LogP contribution is -2.34. The predicted molar refractivity (Wildman–Crippen MR) is 72.3 cm³/mol. The van der Waals surface area contributed by atoms with Crippen LogP contribution in [0, 0.1) is 18.8 Å². The Kier molecular flexibility index (Phi) is 4.68. The molecule has 0 aromatic carbocycles. The van der Waals surface area contributed by atoms with Crippen LogP contribution in [0.15, 0.2) is 18.5 Å². The van der Waals surface area contributed by atoms with Crippen LogP contribution in [0.1, 0.15) is 42.9 Å². The Morgan fingerprint density at radius 1 is 1.30 bits per heavy atom. The molecule has 5 heteroatoms. The van der Waals surface area contributed by atoms with Crippen LogP contribution in [-0.2, 0) is 0 Å². The molecule has 112 valence electrons. The molecule has 3 atom stereocenters. The highest BCUT2D eigenvalue weighted by atomic mass is 19.4. The minimum Gasteiger partial charge on any atom is -0.313 e. The predicted octanol–water partition coefficient (Wildman–Crippen LogP) is 4.02. The van der Waals surface area contributed by atoms with E-state index in [4.69, 9.17) is 0 Å². The van der Waals surface area contributed by atoms with Crippen molar-refractivity contribution in [1.29, 1.82) is 0 Å². The second-order valence-corrected chi connectivity index (χ2v) is 5.73. The first-order valence-corrected chi connectivity index (χ1v) is 7.07. The molecule has 1 N–H and O–H groups in total. The van der Waals surface area contributed by atoms with Gasteiger partial charge in [-0.1, -0.05) is 12.5 Å². The standard InChI is InChI=1S/C15H21F3N2/c1-10-6-12(9-20-8-10)14(19-2)11-4-3-5-13(7-11)15(16,17)18/h6,8-9,11,13-14,19H,3-5,7H2,1-2H3. The summed E-state index contributed by atoms with van der Waals surface area (Å²) in [6.45, 7) is 1.95. The summed E-state index contributed by atoms with van der Waals surface area (Å²) in [7, 11) is 1.81. The average molecular weight is 286 g/mol. The fourth-order valence-electron chi connectivity index (χ4n) is 3.25. The van der Waals surface area contributed by atoms with Gasteiger partial charge in [0.2, 0.25) is 0 Å². The normalized spacial score (nSPS) is 25.4. The zero-order chi connectivity index (χ0) is 14.8. The largest absolute Gasteiger partial charge is 0.391 e. The van der Waals surface area contributed by atoms with E-state index in [9.17, 15) is 13.2 Å². The van der Waals surface area contributed by atoms with Crippen LogP contribution in [-0.4, -0.2) is 18.2 Å². The molecule has 1 aliphatic carbocycles. The van der Waals surface area contributed by atoms with Gasteiger partial charge in [-0.15, -0.1) is 0 Å². The second kappa shape index (κ2) is 6.12. The van der Waals surface area contributed by atoms with E-state index < -0.39 is 12.1 Å². The molecule has 20 heavy (non-hydrogen) atoms. The van der Waals surface area contributed by atoms with Crippen molar-refractivity contribution in [3.63, 3.8) is 0 Å². The van der Waals surface area contributed by atoms with E-state index >= 15 is 0 Å². The van der Waals surface area contributed by atoms with Crippen molar-refractivity contribution in [2.24, 2.45) is 11.8 Å². The lowest BCUT2D eigenvalue weighted by Gasteiger charge is -2.35. The van der Waals surface area contributed by atoms with Gasteiger partial charge in [0.25, 0.3) is 0 Å². The van der Waals surface area contributed by atoms with Crippen LogP contribution in [0.4, 0.5) is 13.2 Å². The minimum absolute atomic E-state index is 0.0176. The fourth-order valence-corrected chi connectivity index (χ4v) is 3.25. The third-order valence-electron chi connectivity index (χ3n) is 4.22.